The van der Waals surface area contributed by atoms with E-state index in [1.165, 1.54) is 12.1 Å². The van der Waals surface area contributed by atoms with Gasteiger partial charge in [0.2, 0.25) is 0 Å². The minimum Gasteiger partial charge on any atom is -0.494 e. The maximum atomic E-state index is 13.3. The van der Waals surface area contributed by atoms with Gasteiger partial charge in [0, 0.05) is 0 Å². The van der Waals surface area contributed by atoms with E-state index in [0.717, 1.165) is 11.1 Å². The third-order valence-corrected chi connectivity index (χ3v) is 3.92. The van der Waals surface area contributed by atoms with Crippen molar-refractivity contribution in [1.29, 1.82) is 0 Å². The zero-order valence-electron chi connectivity index (χ0n) is 13.7. The molecule has 0 aliphatic carbocycles. The van der Waals surface area contributed by atoms with Gasteiger partial charge in [0.25, 0.3) is 0 Å². The number of halogens is 3. The highest BCUT2D eigenvalue weighted by Crippen LogP contribution is 2.42. The lowest BCUT2D eigenvalue weighted by Gasteiger charge is -2.30. The van der Waals surface area contributed by atoms with Crippen LogP contribution in [0.15, 0.2) is 48.5 Å². The first-order valence-electron chi connectivity index (χ1n) is 7.94. The molecular weight excluding hydrogens is 317 g/mol. The molecule has 1 atom stereocenters. The van der Waals surface area contributed by atoms with E-state index < -0.39 is 11.8 Å². The van der Waals surface area contributed by atoms with Crippen LogP contribution in [0.4, 0.5) is 13.2 Å². The number of aliphatic hydroxyl groups is 1. The van der Waals surface area contributed by atoms with E-state index in [2.05, 4.69) is 0 Å². The van der Waals surface area contributed by atoms with Gasteiger partial charge in [-0.25, -0.2) is 0 Å². The molecule has 0 heterocycles. The Morgan fingerprint density at radius 1 is 0.958 bits per heavy atom. The summed E-state index contributed by atoms with van der Waals surface area (Å²) in [6.45, 7) is 4.04. The van der Waals surface area contributed by atoms with Gasteiger partial charge < -0.3 is 9.84 Å². The predicted octanol–water partition coefficient (Wildman–Crippen LogP) is 5.30. The van der Waals surface area contributed by atoms with E-state index in [9.17, 15) is 18.3 Å². The molecule has 2 aromatic rings. The summed E-state index contributed by atoms with van der Waals surface area (Å²) < 4.78 is 45.2. The highest BCUT2D eigenvalue weighted by Gasteiger charge is 2.54. The van der Waals surface area contributed by atoms with E-state index in [1.807, 2.05) is 31.2 Å². The Morgan fingerprint density at radius 3 is 2.17 bits per heavy atom. The Hall–Kier alpha value is -2.01. The molecule has 1 unspecified atom stereocenters. The molecule has 0 saturated heterocycles. The Bertz CT molecular complexity index is 665. The highest BCUT2D eigenvalue weighted by atomic mass is 19.4. The van der Waals surface area contributed by atoms with Crippen LogP contribution < -0.4 is 4.74 Å². The monoisotopic (exact) mass is 338 g/mol. The smallest absolute Gasteiger partial charge is 0.421 e. The number of hydrogen-bond donors (Lipinski definition) is 1. The first-order chi connectivity index (χ1) is 11.3. The number of alkyl halides is 3. The Labute approximate surface area is 139 Å². The van der Waals surface area contributed by atoms with Gasteiger partial charge in [-0.05, 0) is 42.2 Å². The van der Waals surface area contributed by atoms with Crippen molar-refractivity contribution in [2.45, 2.75) is 38.5 Å². The lowest BCUT2D eigenvalue weighted by Crippen LogP contribution is -2.42. The van der Waals surface area contributed by atoms with Gasteiger partial charge in [-0.3, -0.25) is 0 Å². The lowest BCUT2D eigenvalue weighted by atomic mass is 9.87. The minimum absolute atomic E-state index is 0.137. The van der Waals surface area contributed by atoms with Crippen molar-refractivity contribution in [1.82, 2.24) is 0 Å². The summed E-state index contributed by atoms with van der Waals surface area (Å²) in [5.41, 5.74) is -1.34. The van der Waals surface area contributed by atoms with Gasteiger partial charge in [-0.15, -0.1) is 0 Å². The topological polar surface area (TPSA) is 29.5 Å². The Kier molecular flexibility index (Phi) is 5.54. The summed E-state index contributed by atoms with van der Waals surface area (Å²) in [6, 6.07) is 13.2. The molecule has 0 radical (unpaired) electrons. The number of benzene rings is 2. The van der Waals surface area contributed by atoms with E-state index in [0.29, 0.717) is 12.4 Å². The van der Waals surface area contributed by atoms with Crippen LogP contribution in [-0.2, 0) is 5.60 Å². The Balaban J connectivity index is 2.35. The molecule has 0 amide bonds. The van der Waals surface area contributed by atoms with Crippen molar-refractivity contribution in [2.75, 3.05) is 6.61 Å². The third kappa shape index (κ3) is 3.73. The van der Waals surface area contributed by atoms with Crippen molar-refractivity contribution in [3.63, 3.8) is 0 Å². The summed E-state index contributed by atoms with van der Waals surface area (Å²) >= 11 is 0. The maximum absolute atomic E-state index is 13.3. The zero-order valence-corrected chi connectivity index (χ0v) is 13.7. The van der Waals surface area contributed by atoms with Crippen LogP contribution in [0, 0.1) is 0 Å². The van der Waals surface area contributed by atoms with Gasteiger partial charge >= 0.3 is 6.18 Å². The summed E-state index contributed by atoms with van der Waals surface area (Å²) in [4.78, 5) is 0. The molecule has 2 rings (SSSR count). The normalized spacial score (nSPS) is 14.2. The van der Waals surface area contributed by atoms with Crippen LogP contribution in [0.25, 0.3) is 11.1 Å². The van der Waals surface area contributed by atoms with Gasteiger partial charge in [-0.1, -0.05) is 49.7 Å². The standard InChI is InChI=1S/C19H21F3O2/c1-3-12-18(23,19(20,21)22)16-10-8-14(9-11-16)15-6-5-7-17(13-15)24-4-2/h5-11,13,23H,3-4,12H2,1-2H3. The molecule has 24 heavy (non-hydrogen) atoms. The first-order valence-corrected chi connectivity index (χ1v) is 7.94. The number of hydrogen-bond acceptors (Lipinski definition) is 2. The second-order valence-corrected chi connectivity index (χ2v) is 5.65. The molecule has 0 spiro atoms. The fourth-order valence-corrected chi connectivity index (χ4v) is 2.68. The maximum Gasteiger partial charge on any atom is 0.421 e. The average molecular weight is 338 g/mol. The van der Waals surface area contributed by atoms with Crippen LogP contribution in [0.2, 0.25) is 0 Å². The molecule has 1 N–H and O–H groups in total. The van der Waals surface area contributed by atoms with Gasteiger partial charge in [-0.2, -0.15) is 13.2 Å². The van der Waals surface area contributed by atoms with Crippen LogP contribution in [0.1, 0.15) is 32.3 Å². The van der Waals surface area contributed by atoms with Gasteiger partial charge in [0.1, 0.15) is 5.75 Å². The largest absolute Gasteiger partial charge is 0.494 e. The molecule has 0 aromatic heterocycles. The second-order valence-electron chi connectivity index (χ2n) is 5.65. The highest BCUT2D eigenvalue weighted by molar-refractivity contribution is 5.65. The lowest BCUT2D eigenvalue weighted by molar-refractivity contribution is -0.269. The first kappa shape index (κ1) is 18.3. The SMILES string of the molecule is CCCC(O)(c1ccc(-c2cccc(OCC)c2)cc1)C(F)(F)F. The minimum atomic E-state index is -4.71. The van der Waals surface area contributed by atoms with Crippen LogP contribution >= 0.6 is 0 Å². The number of ether oxygens (including phenoxy) is 1. The van der Waals surface area contributed by atoms with Crippen LogP contribution in [-0.4, -0.2) is 17.9 Å². The zero-order chi connectivity index (χ0) is 17.8. The Morgan fingerprint density at radius 2 is 1.62 bits per heavy atom. The van der Waals surface area contributed by atoms with E-state index in [1.54, 1.807) is 19.1 Å². The second kappa shape index (κ2) is 7.26. The van der Waals surface area contributed by atoms with Crippen LogP contribution in [0.5, 0.6) is 5.75 Å². The molecule has 0 saturated carbocycles. The van der Waals surface area contributed by atoms with Crippen molar-refractivity contribution < 1.29 is 23.0 Å². The molecule has 0 fully saturated rings. The summed E-state index contributed by atoms with van der Waals surface area (Å²) in [5, 5.41) is 10.1. The van der Waals surface area contributed by atoms with Crippen LogP contribution in [0.3, 0.4) is 0 Å². The quantitative estimate of drug-likeness (QED) is 0.774. The molecule has 0 bridgehead atoms. The van der Waals surface area contributed by atoms with Crippen molar-refractivity contribution in [3.05, 3.63) is 54.1 Å². The molecular formula is C19H21F3O2. The molecule has 130 valence electrons. The fourth-order valence-electron chi connectivity index (χ4n) is 2.68. The molecule has 0 aliphatic heterocycles. The molecule has 2 nitrogen and oxygen atoms in total. The van der Waals surface area contributed by atoms with E-state index in [-0.39, 0.29) is 18.4 Å². The predicted molar refractivity (Wildman–Crippen MR) is 87.9 cm³/mol. The van der Waals surface area contributed by atoms with Crippen molar-refractivity contribution >= 4 is 0 Å². The van der Waals surface area contributed by atoms with E-state index in [4.69, 9.17) is 4.74 Å². The molecule has 5 heteroatoms. The molecule has 2 aromatic carbocycles. The number of rotatable bonds is 6. The summed E-state index contributed by atoms with van der Waals surface area (Å²) in [7, 11) is 0. The average Bonchev–Trinajstić information content (AvgIpc) is 2.55. The fraction of sp³-hybridized carbons (Fsp3) is 0.368. The van der Waals surface area contributed by atoms with Crippen molar-refractivity contribution in [3.8, 4) is 16.9 Å². The van der Waals surface area contributed by atoms with Gasteiger partial charge in [0.05, 0.1) is 6.61 Å². The third-order valence-electron chi connectivity index (χ3n) is 3.92. The molecule has 0 aliphatic rings. The summed E-state index contributed by atoms with van der Waals surface area (Å²) in [5.74, 6) is 0.705. The van der Waals surface area contributed by atoms with Gasteiger partial charge in [0.15, 0.2) is 5.60 Å². The summed E-state index contributed by atoms with van der Waals surface area (Å²) in [6.07, 6.45) is -4.84. The van der Waals surface area contributed by atoms with Crippen molar-refractivity contribution in [2.24, 2.45) is 0 Å². The van der Waals surface area contributed by atoms with E-state index >= 15 is 0 Å².